The van der Waals surface area contributed by atoms with Crippen LogP contribution < -0.4 is 5.48 Å². The molecule has 0 spiro atoms. The minimum Gasteiger partial charge on any atom is -0.481 e. The molecule has 1 unspecified atom stereocenters. The minimum absolute atomic E-state index is 0.0654. The number of hydrogen-bond acceptors (Lipinski definition) is 5. The van der Waals surface area contributed by atoms with Crippen LogP contribution in [-0.4, -0.2) is 36.8 Å². The second-order valence-electron chi connectivity index (χ2n) is 5.83. The summed E-state index contributed by atoms with van der Waals surface area (Å²) in [5.41, 5.74) is 6.85. The number of esters is 1. The van der Waals surface area contributed by atoms with Gasteiger partial charge >= 0.3 is 11.9 Å². The van der Waals surface area contributed by atoms with E-state index in [0.717, 1.165) is 22.3 Å². The summed E-state index contributed by atoms with van der Waals surface area (Å²) in [6.45, 7) is 0.147. The van der Waals surface area contributed by atoms with E-state index in [1.807, 2.05) is 36.4 Å². The monoisotopic (exact) mass is 341 g/mol. The van der Waals surface area contributed by atoms with E-state index in [2.05, 4.69) is 17.6 Å². The Kier molecular flexibility index (Phi) is 5.11. The molecule has 0 saturated heterocycles. The molecule has 6 heteroatoms. The summed E-state index contributed by atoms with van der Waals surface area (Å²) in [6, 6.07) is 15.0. The number of hydrogen-bond donors (Lipinski definition) is 2. The fraction of sp³-hybridized carbons (Fsp3) is 0.263. The number of aliphatic carboxylic acids is 1. The number of ether oxygens (including phenoxy) is 1. The molecule has 3 rings (SSSR count). The number of carboxylic acid groups (broad SMARTS) is 1. The highest BCUT2D eigenvalue weighted by atomic mass is 16.6. The van der Waals surface area contributed by atoms with Gasteiger partial charge in [-0.3, -0.25) is 9.59 Å². The first-order chi connectivity index (χ1) is 12.1. The normalized spacial score (nSPS) is 13.8. The summed E-state index contributed by atoms with van der Waals surface area (Å²) in [5.74, 6) is -1.82. The summed E-state index contributed by atoms with van der Waals surface area (Å²) in [7, 11) is 1.32. The second-order valence-corrected chi connectivity index (χ2v) is 5.83. The maximum Gasteiger partial charge on any atom is 0.326 e. The van der Waals surface area contributed by atoms with E-state index in [9.17, 15) is 9.59 Å². The number of carbonyl (C=O) groups excluding carboxylic acids is 1. The largest absolute Gasteiger partial charge is 0.481 e. The van der Waals surface area contributed by atoms with Crippen LogP contribution in [0.5, 0.6) is 0 Å². The third-order valence-electron chi connectivity index (χ3n) is 4.28. The average molecular weight is 341 g/mol. The number of nitrogens with one attached hydrogen (secondary N) is 1. The van der Waals surface area contributed by atoms with E-state index in [1.165, 1.54) is 7.11 Å². The maximum atomic E-state index is 12.2. The molecule has 2 N–H and O–H groups in total. The molecule has 0 aliphatic heterocycles. The fourth-order valence-corrected chi connectivity index (χ4v) is 3.20. The standard InChI is InChI=1S/C19H19NO5/c1-24-20-17(10-18(21)22)19(23)25-11-16-14-8-4-2-6-12(14)13-7-3-5-9-15(13)16/h2-9,16-17,20H,10-11H2,1H3,(H,21,22). The smallest absolute Gasteiger partial charge is 0.326 e. The second kappa shape index (κ2) is 7.46. The van der Waals surface area contributed by atoms with Gasteiger partial charge in [0.15, 0.2) is 0 Å². The van der Waals surface area contributed by atoms with Gasteiger partial charge in [-0.15, -0.1) is 0 Å². The van der Waals surface area contributed by atoms with Crippen LogP contribution in [0.25, 0.3) is 11.1 Å². The number of rotatable bonds is 7. The van der Waals surface area contributed by atoms with Gasteiger partial charge in [0.05, 0.1) is 13.5 Å². The Morgan fingerprint density at radius 3 is 2.16 bits per heavy atom. The lowest BCUT2D eigenvalue weighted by Gasteiger charge is -2.18. The van der Waals surface area contributed by atoms with Gasteiger partial charge in [-0.1, -0.05) is 48.5 Å². The van der Waals surface area contributed by atoms with Crippen LogP contribution in [0, 0.1) is 0 Å². The van der Waals surface area contributed by atoms with Gasteiger partial charge in [-0.2, -0.15) is 5.48 Å². The van der Waals surface area contributed by atoms with Crippen molar-refractivity contribution in [1.29, 1.82) is 0 Å². The summed E-state index contributed by atoms with van der Waals surface area (Å²) >= 11 is 0. The van der Waals surface area contributed by atoms with Crippen molar-refractivity contribution in [3.63, 3.8) is 0 Å². The third kappa shape index (κ3) is 3.55. The molecular formula is C19H19NO5. The van der Waals surface area contributed by atoms with Crippen molar-refractivity contribution in [2.75, 3.05) is 13.7 Å². The van der Waals surface area contributed by atoms with E-state index in [0.29, 0.717) is 0 Å². The zero-order valence-electron chi connectivity index (χ0n) is 13.8. The van der Waals surface area contributed by atoms with E-state index in [-0.39, 0.29) is 12.5 Å². The zero-order chi connectivity index (χ0) is 17.8. The van der Waals surface area contributed by atoms with Crippen molar-refractivity contribution in [2.45, 2.75) is 18.4 Å². The van der Waals surface area contributed by atoms with E-state index in [4.69, 9.17) is 14.7 Å². The molecular weight excluding hydrogens is 322 g/mol. The number of carboxylic acids is 1. The molecule has 1 atom stereocenters. The molecule has 0 heterocycles. The molecule has 2 aromatic carbocycles. The van der Waals surface area contributed by atoms with Crippen LogP contribution >= 0.6 is 0 Å². The molecule has 1 aliphatic rings. The summed E-state index contributed by atoms with van der Waals surface area (Å²) < 4.78 is 5.41. The van der Waals surface area contributed by atoms with Crippen molar-refractivity contribution < 1.29 is 24.3 Å². The number of benzene rings is 2. The van der Waals surface area contributed by atoms with Crippen LogP contribution in [0.4, 0.5) is 0 Å². The molecule has 2 aromatic rings. The van der Waals surface area contributed by atoms with Crippen LogP contribution in [0.3, 0.4) is 0 Å². The van der Waals surface area contributed by atoms with Gasteiger partial charge in [0, 0.05) is 5.92 Å². The van der Waals surface area contributed by atoms with E-state index in [1.54, 1.807) is 0 Å². The molecule has 0 saturated carbocycles. The Bertz CT molecular complexity index is 743. The van der Waals surface area contributed by atoms with Crippen molar-refractivity contribution in [2.24, 2.45) is 0 Å². The Balaban J connectivity index is 1.77. The fourth-order valence-electron chi connectivity index (χ4n) is 3.20. The molecule has 25 heavy (non-hydrogen) atoms. The average Bonchev–Trinajstić information content (AvgIpc) is 2.93. The number of carbonyl (C=O) groups is 2. The van der Waals surface area contributed by atoms with Crippen molar-refractivity contribution in [3.8, 4) is 11.1 Å². The highest BCUT2D eigenvalue weighted by molar-refractivity contribution is 5.82. The van der Waals surface area contributed by atoms with Gasteiger partial charge in [0.2, 0.25) is 0 Å². The lowest BCUT2D eigenvalue weighted by Crippen LogP contribution is -2.39. The van der Waals surface area contributed by atoms with Crippen LogP contribution in [0.15, 0.2) is 48.5 Å². The van der Waals surface area contributed by atoms with E-state index >= 15 is 0 Å². The number of fused-ring (bicyclic) bond motifs is 3. The molecule has 0 radical (unpaired) electrons. The topological polar surface area (TPSA) is 84.9 Å². The van der Waals surface area contributed by atoms with Crippen LogP contribution in [-0.2, 0) is 19.2 Å². The Morgan fingerprint density at radius 2 is 1.64 bits per heavy atom. The first-order valence-electron chi connectivity index (χ1n) is 7.97. The first-order valence-corrected chi connectivity index (χ1v) is 7.97. The van der Waals surface area contributed by atoms with Gasteiger partial charge in [0.1, 0.15) is 12.6 Å². The van der Waals surface area contributed by atoms with Crippen LogP contribution in [0.1, 0.15) is 23.5 Å². The highest BCUT2D eigenvalue weighted by Crippen LogP contribution is 2.44. The Labute approximate surface area is 145 Å². The number of hydroxylamine groups is 1. The molecule has 0 fully saturated rings. The van der Waals surface area contributed by atoms with Gasteiger partial charge < -0.3 is 14.7 Å². The molecule has 0 aromatic heterocycles. The zero-order valence-corrected chi connectivity index (χ0v) is 13.8. The molecule has 0 bridgehead atoms. The van der Waals surface area contributed by atoms with Crippen molar-refractivity contribution in [3.05, 3.63) is 59.7 Å². The lowest BCUT2D eigenvalue weighted by atomic mass is 9.98. The first kappa shape index (κ1) is 17.1. The summed E-state index contributed by atoms with van der Waals surface area (Å²) in [5, 5.41) is 8.90. The van der Waals surface area contributed by atoms with Crippen molar-refractivity contribution >= 4 is 11.9 Å². The van der Waals surface area contributed by atoms with Crippen molar-refractivity contribution in [1.82, 2.24) is 5.48 Å². The summed E-state index contributed by atoms with van der Waals surface area (Å²) in [6.07, 6.45) is -0.412. The third-order valence-corrected chi connectivity index (χ3v) is 4.28. The van der Waals surface area contributed by atoms with Crippen LogP contribution in [0.2, 0.25) is 0 Å². The molecule has 1 aliphatic carbocycles. The minimum atomic E-state index is -1.11. The predicted molar refractivity (Wildman–Crippen MR) is 90.9 cm³/mol. The predicted octanol–water partition coefficient (Wildman–Crippen LogP) is 2.34. The quantitative estimate of drug-likeness (QED) is 0.594. The highest BCUT2D eigenvalue weighted by Gasteiger charge is 2.30. The van der Waals surface area contributed by atoms with Gasteiger partial charge in [0.25, 0.3) is 0 Å². The molecule has 0 amide bonds. The summed E-state index contributed by atoms with van der Waals surface area (Å²) in [4.78, 5) is 27.8. The van der Waals surface area contributed by atoms with Gasteiger partial charge in [-0.25, -0.2) is 0 Å². The Morgan fingerprint density at radius 1 is 1.08 bits per heavy atom. The molecule has 130 valence electrons. The van der Waals surface area contributed by atoms with Gasteiger partial charge in [-0.05, 0) is 22.3 Å². The molecule has 6 nitrogen and oxygen atoms in total. The Hall–Kier alpha value is -2.70. The maximum absolute atomic E-state index is 12.2. The SMILES string of the molecule is CONC(CC(=O)O)C(=O)OCC1c2ccccc2-c2ccccc21. The lowest BCUT2D eigenvalue weighted by molar-refractivity contribution is -0.154. The van der Waals surface area contributed by atoms with E-state index < -0.39 is 24.4 Å².